The first-order valence-electron chi connectivity index (χ1n) is 8.73. The van der Waals surface area contributed by atoms with Crippen LogP contribution < -0.4 is 0 Å². The fraction of sp³-hybridized carbons (Fsp3) is 0.364. The molecular formula is C22H27N2+. The Labute approximate surface area is 145 Å². The van der Waals surface area contributed by atoms with Gasteiger partial charge in [0.2, 0.25) is 5.69 Å². The van der Waals surface area contributed by atoms with E-state index in [2.05, 4.69) is 92.8 Å². The molecule has 124 valence electrons. The summed E-state index contributed by atoms with van der Waals surface area (Å²) in [6.07, 6.45) is 2.91. The third-order valence-electron chi connectivity index (χ3n) is 5.15. The van der Waals surface area contributed by atoms with Crippen LogP contribution in [-0.4, -0.2) is 23.5 Å². The highest BCUT2D eigenvalue weighted by atomic mass is 15.0. The van der Waals surface area contributed by atoms with Gasteiger partial charge in [0.15, 0.2) is 5.71 Å². The van der Waals surface area contributed by atoms with Crippen LogP contribution in [0.1, 0.15) is 51.2 Å². The average molecular weight is 319 g/mol. The minimum Gasteiger partial charge on any atom is -0.261 e. The fourth-order valence-corrected chi connectivity index (χ4v) is 3.59. The summed E-state index contributed by atoms with van der Waals surface area (Å²) in [5, 5.41) is 0. The summed E-state index contributed by atoms with van der Waals surface area (Å²) in [5.41, 5.74) is 6.54. The van der Waals surface area contributed by atoms with Crippen molar-refractivity contribution >= 4 is 23.3 Å². The van der Waals surface area contributed by atoms with Gasteiger partial charge < -0.3 is 0 Å². The van der Waals surface area contributed by atoms with Gasteiger partial charge in [-0.2, -0.15) is 0 Å². The van der Waals surface area contributed by atoms with Crippen molar-refractivity contribution in [3.8, 4) is 0 Å². The van der Waals surface area contributed by atoms with Gasteiger partial charge in [-0.1, -0.05) is 44.2 Å². The predicted molar refractivity (Wildman–Crippen MR) is 104 cm³/mol. The molecule has 2 heteroatoms. The number of para-hydroxylation sites is 1. The lowest BCUT2D eigenvalue weighted by Crippen LogP contribution is -2.28. The molecule has 0 fully saturated rings. The standard InChI is InChI=1S/C22H27N2/c1-16(2)17-10-12-18(13-11-17)23-15-14-21-22(3,4)19-8-6-7-9-20(19)24(21)5/h6-13,15-16H,14H2,1-5H3/q+1. The van der Waals surface area contributed by atoms with Crippen LogP contribution in [0.25, 0.3) is 0 Å². The Bertz CT molecular complexity index is 793. The van der Waals surface area contributed by atoms with Gasteiger partial charge in [0.25, 0.3) is 0 Å². The largest absolute Gasteiger partial charge is 0.261 e. The minimum atomic E-state index is 0.0544. The molecule has 0 bridgehead atoms. The quantitative estimate of drug-likeness (QED) is 0.514. The number of nitrogens with zero attached hydrogens (tertiary/aromatic N) is 2. The van der Waals surface area contributed by atoms with E-state index in [-0.39, 0.29) is 5.41 Å². The molecular weight excluding hydrogens is 292 g/mol. The van der Waals surface area contributed by atoms with Gasteiger partial charge >= 0.3 is 0 Å². The lowest BCUT2D eigenvalue weighted by molar-refractivity contribution is -0.403. The molecule has 0 radical (unpaired) electrons. The Balaban J connectivity index is 1.78. The number of fused-ring (bicyclic) bond motifs is 1. The summed E-state index contributed by atoms with van der Waals surface area (Å²) in [6.45, 7) is 9.03. The summed E-state index contributed by atoms with van der Waals surface area (Å²) >= 11 is 0. The molecule has 2 nitrogen and oxygen atoms in total. The molecule has 0 atom stereocenters. The maximum Gasteiger partial charge on any atom is 0.209 e. The van der Waals surface area contributed by atoms with Crippen molar-refractivity contribution in [3.05, 3.63) is 59.7 Å². The van der Waals surface area contributed by atoms with Crippen LogP contribution in [0.2, 0.25) is 0 Å². The van der Waals surface area contributed by atoms with Crippen LogP contribution in [0.4, 0.5) is 11.4 Å². The van der Waals surface area contributed by atoms with E-state index in [1.807, 2.05) is 6.21 Å². The van der Waals surface area contributed by atoms with E-state index < -0.39 is 0 Å². The molecule has 0 aliphatic carbocycles. The molecule has 0 amide bonds. The molecule has 0 spiro atoms. The summed E-state index contributed by atoms with van der Waals surface area (Å²) < 4.78 is 2.32. The highest BCUT2D eigenvalue weighted by Gasteiger charge is 2.43. The first kappa shape index (κ1) is 16.6. The van der Waals surface area contributed by atoms with E-state index in [4.69, 9.17) is 0 Å². The number of hydrogen-bond donors (Lipinski definition) is 0. The molecule has 3 rings (SSSR count). The molecule has 0 saturated heterocycles. The Morgan fingerprint density at radius 1 is 1.04 bits per heavy atom. The van der Waals surface area contributed by atoms with Crippen LogP contribution in [0.5, 0.6) is 0 Å². The lowest BCUT2D eigenvalue weighted by Gasteiger charge is -2.16. The van der Waals surface area contributed by atoms with Crippen LogP contribution in [-0.2, 0) is 5.41 Å². The molecule has 2 aromatic rings. The molecule has 2 aromatic carbocycles. The maximum absolute atomic E-state index is 4.66. The molecule has 24 heavy (non-hydrogen) atoms. The van der Waals surface area contributed by atoms with Crippen molar-refractivity contribution in [3.63, 3.8) is 0 Å². The van der Waals surface area contributed by atoms with Crippen molar-refractivity contribution < 1.29 is 4.58 Å². The first-order valence-corrected chi connectivity index (χ1v) is 8.73. The van der Waals surface area contributed by atoms with Crippen LogP contribution in [0.15, 0.2) is 53.5 Å². The Kier molecular flexibility index (Phi) is 4.40. The molecule has 0 N–H and O–H groups in total. The molecule has 1 aliphatic rings. The van der Waals surface area contributed by atoms with Gasteiger partial charge in [-0.25, -0.2) is 4.58 Å². The van der Waals surface area contributed by atoms with Crippen LogP contribution in [0.3, 0.4) is 0 Å². The van der Waals surface area contributed by atoms with Crippen LogP contribution in [0, 0.1) is 0 Å². The summed E-state index contributed by atoms with van der Waals surface area (Å²) in [4.78, 5) is 4.66. The zero-order valence-electron chi connectivity index (χ0n) is 15.4. The molecule has 1 aliphatic heterocycles. The molecule has 0 unspecified atom stereocenters. The van der Waals surface area contributed by atoms with E-state index in [0.29, 0.717) is 5.92 Å². The fourth-order valence-electron chi connectivity index (χ4n) is 3.59. The Morgan fingerprint density at radius 2 is 1.71 bits per heavy atom. The topological polar surface area (TPSA) is 15.4 Å². The third-order valence-corrected chi connectivity index (χ3v) is 5.15. The molecule has 0 aromatic heterocycles. The van der Waals surface area contributed by atoms with Crippen molar-refractivity contribution in [2.45, 2.75) is 45.4 Å². The highest BCUT2D eigenvalue weighted by molar-refractivity contribution is 6.02. The second-order valence-corrected chi connectivity index (χ2v) is 7.41. The van der Waals surface area contributed by atoms with Gasteiger partial charge in [-0.05, 0) is 37.5 Å². The van der Waals surface area contributed by atoms with Crippen molar-refractivity contribution in [1.29, 1.82) is 0 Å². The van der Waals surface area contributed by atoms with E-state index >= 15 is 0 Å². The Hall–Kier alpha value is -2.22. The van der Waals surface area contributed by atoms with Gasteiger partial charge in [-0.15, -0.1) is 0 Å². The second-order valence-electron chi connectivity index (χ2n) is 7.41. The van der Waals surface area contributed by atoms with E-state index in [1.54, 1.807) is 0 Å². The number of rotatable bonds is 4. The minimum absolute atomic E-state index is 0.0544. The van der Waals surface area contributed by atoms with E-state index in [0.717, 1.165) is 12.1 Å². The normalized spacial score (nSPS) is 16.2. The maximum atomic E-state index is 4.66. The summed E-state index contributed by atoms with van der Waals surface area (Å²) in [6, 6.07) is 17.2. The van der Waals surface area contributed by atoms with Gasteiger partial charge in [0.05, 0.1) is 17.5 Å². The molecule has 0 saturated carbocycles. The van der Waals surface area contributed by atoms with E-state index in [1.165, 1.54) is 22.5 Å². The number of benzene rings is 2. The highest BCUT2D eigenvalue weighted by Crippen LogP contribution is 2.39. The van der Waals surface area contributed by atoms with Gasteiger partial charge in [-0.3, -0.25) is 4.99 Å². The number of hydrogen-bond acceptors (Lipinski definition) is 1. The predicted octanol–water partition coefficient (Wildman–Crippen LogP) is 5.61. The summed E-state index contributed by atoms with van der Waals surface area (Å²) in [7, 11) is 2.16. The Morgan fingerprint density at radius 3 is 2.33 bits per heavy atom. The van der Waals surface area contributed by atoms with Crippen molar-refractivity contribution in [2.24, 2.45) is 4.99 Å². The summed E-state index contributed by atoms with van der Waals surface area (Å²) in [5.74, 6) is 0.560. The molecule has 1 heterocycles. The zero-order valence-corrected chi connectivity index (χ0v) is 15.4. The number of aliphatic imine (C=N–C) groups is 1. The monoisotopic (exact) mass is 319 g/mol. The lowest BCUT2D eigenvalue weighted by atomic mass is 9.80. The van der Waals surface area contributed by atoms with Gasteiger partial charge in [0.1, 0.15) is 7.05 Å². The smallest absolute Gasteiger partial charge is 0.209 e. The van der Waals surface area contributed by atoms with Crippen molar-refractivity contribution in [2.75, 3.05) is 7.05 Å². The van der Waals surface area contributed by atoms with E-state index in [9.17, 15) is 0 Å². The van der Waals surface area contributed by atoms with Gasteiger partial charge in [0, 0.05) is 17.8 Å². The third kappa shape index (κ3) is 2.93. The van der Waals surface area contributed by atoms with Crippen LogP contribution >= 0.6 is 0 Å². The SMILES string of the molecule is CC(C)c1ccc(N=CCC2=[N+](C)c3ccccc3C2(C)C)cc1. The average Bonchev–Trinajstić information content (AvgIpc) is 2.76. The second kappa shape index (κ2) is 6.35. The first-order chi connectivity index (χ1) is 11.4. The van der Waals surface area contributed by atoms with Crippen molar-refractivity contribution in [1.82, 2.24) is 0 Å². The zero-order chi connectivity index (χ0) is 17.3.